The fraction of sp³-hybridized carbons (Fsp3) is 0.350. The Morgan fingerprint density at radius 3 is 2.85 bits per heavy atom. The van der Waals surface area contributed by atoms with Gasteiger partial charge in [-0.2, -0.15) is 0 Å². The third-order valence-electron chi connectivity index (χ3n) is 5.51. The van der Waals surface area contributed by atoms with Gasteiger partial charge in [-0.15, -0.1) is 0 Å². The predicted octanol–water partition coefficient (Wildman–Crippen LogP) is 2.72. The molecule has 5 rings (SSSR count). The highest BCUT2D eigenvalue weighted by Gasteiger charge is 2.45. The Labute approximate surface area is 154 Å². The van der Waals surface area contributed by atoms with Crippen molar-refractivity contribution in [2.24, 2.45) is 0 Å². The van der Waals surface area contributed by atoms with Gasteiger partial charge in [0, 0.05) is 43.7 Å². The average Bonchev–Trinajstić information content (AvgIpc) is 2.85. The molecule has 7 heteroatoms. The van der Waals surface area contributed by atoms with Gasteiger partial charge in [0.05, 0.1) is 23.1 Å². The Bertz CT molecular complexity index is 1080. The minimum Gasteiger partial charge on any atom is -0.295 e. The maximum atomic E-state index is 13.8. The number of pyridine rings is 1. The van der Waals surface area contributed by atoms with Gasteiger partial charge in [0.25, 0.3) is 11.5 Å². The van der Waals surface area contributed by atoms with Crippen LogP contribution in [-0.2, 0) is 13.0 Å². The van der Waals surface area contributed by atoms with Crippen molar-refractivity contribution >= 4 is 10.9 Å². The first-order chi connectivity index (χ1) is 13.0. The summed E-state index contributed by atoms with van der Waals surface area (Å²) >= 11 is 0. The molecule has 2 aliphatic rings. The fourth-order valence-corrected chi connectivity index (χ4v) is 4.21. The molecule has 1 aromatic carbocycles. The lowest BCUT2D eigenvalue weighted by Gasteiger charge is -2.18. The Kier molecular flexibility index (Phi) is 3.62. The molecule has 3 aromatic rings. The first kappa shape index (κ1) is 16.5. The number of hydrogen-bond donors (Lipinski definition) is 0. The summed E-state index contributed by atoms with van der Waals surface area (Å²) in [5, 5.41) is 0.547. The summed E-state index contributed by atoms with van der Waals surface area (Å²) in [6.45, 7) is 0.613. The van der Waals surface area contributed by atoms with E-state index in [0.717, 1.165) is 11.3 Å². The predicted molar refractivity (Wildman–Crippen MR) is 97.9 cm³/mol. The number of aromatic nitrogens is 3. The van der Waals surface area contributed by atoms with Crippen LogP contribution in [-0.4, -0.2) is 44.5 Å². The van der Waals surface area contributed by atoms with Crippen LogP contribution in [0.2, 0.25) is 0 Å². The molecule has 1 saturated heterocycles. The average molecular weight is 368 g/mol. The molecule has 2 aliphatic heterocycles. The molecule has 0 amide bonds. The number of fused-ring (bicyclic) bond motifs is 3. The summed E-state index contributed by atoms with van der Waals surface area (Å²) in [4.78, 5) is 23.8. The number of alkyl halides is 2. The summed E-state index contributed by atoms with van der Waals surface area (Å²) in [5.41, 5.74) is 2.17. The molecule has 4 heterocycles. The van der Waals surface area contributed by atoms with Crippen molar-refractivity contribution in [3.63, 3.8) is 0 Å². The van der Waals surface area contributed by atoms with E-state index in [1.165, 1.54) is 0 Å². The van der Waals surface area contributed by atoms with Crippen molar-refractivity contribution in [1.29, 1.82) is 0 Å². The summed E-state index contributed by atoms with van der Waals surface area (Å²) < 4.78 is 29.2. The standard InChI is InChI=1S/C20H18F2N4O/c21-20(22)11-14-10-18-24-17-9-13(16-3-1-2-6-23-16)4-5-15(17)19(27)26(18)8-7-25(14)12-20/h1-6,9,14H,7-8,10-12H2. The Hall–Kier alpha value is -2.67. The Morgan fingerprint density at radius 2 is 2.04 bits per heavy atom. The third kappa shape index (κ3) is 2.82. The van der Waals surface area contributed by atoms with E-state index in [4.69, 9.17) is 4.98 Å². The smallest absolute Gasteiger partial charge is 0.262 e. The minimum atomic E-state index is -2.66. The van der Waals surface area contributed by atoms with E-state index < -0.39 is 5.92 Å². The lowest BCUT2D eigenvalue weighted by atomic mass is 10.1. The van der Waals surface area contributed by atoms with Crippen LogP contribution < -0.4 is 5.56 Å². The monoisotopic (exact) mass is 368 g/mol. The molecule has 0 bridgehead atoms. The van der Waals surface area contributed by atoms with Gasteiger partial charge in [0.15, 0.2) is 0 Å². The van der Waals surface area contributed by atoms with Gasteiger partial charge in [-0.3, -0.25) is 19.2 Å². The van der Waals surface area contributed by atoms with Gasteiger partial charge in [0.2, 0.25) is 0 Å². The second-order valence-corrected chi connectivity index (χ2v) is 7.32. The first-order valence-electron chi connectivity index (χ1n) is 9.07. The fourth-order valence-electron chi connectivity index (χ4n) is 4.21. The Morgan fingerprint density at radius 1 is 1.15 bits per heavy atom. The molecule has 0 radical (unpaired) electrons. The van der Waals surface area contributed by atoms with Crippen molar-refractivity contribution in [2.75, 3.05) is 13.1 Å². The SMILES string of the molecule is O=c1c2ccc(-c3ccccn3)cc2nc2n1CCN1CC(F)(F)CC1C2. The molecular formula is C20H18F2N4O. The second kappa shape index (κ2) is 5.92. The van der Waals surface area contributed by atoms with E-state index in [9.17, 15) is 13.6 Å². The highest BCUT2D eigenvalue weighted by Crippen LogP contribution is 2.34. The van der Waals surface area contributed by atoms with Gasteiger partial charge < -0.3 is 0 Å². The van der Waals surface area contributed by atoms with Crippen molar-refractivity contribution in [3.8, 4) is 11.3 Å². The molecule has 0 saturated carbocycles. The normalized spacial score (nSPS) is 21.6. The van der Waals surface area contributed by atoms with Crippen molar-refractivity contribution in [2.45, 2.75) is 31.4 Å². The van der Waals surface area contributed by atoms with E-state index in [2.05, 4.69) is 4.98 Å². The maximum absolute atomic E-state index is 13.8. The topological polar surface area (TPSA) is 51.0 Å². The maximum Gasteiger partial charge on any atom is 0.262 e. The van der Waals surface area contributed by atoms with Crippen LogP contribution in [0.3, 0.4) is 0 Å². The molecule has 0 spiro atoms. The number of hydrogen-bond acceptors (Lipinski definition) is 4. The summed E-state index contributed by atoms with van der Waals surface area (Å²) in [7, 11) is 0. The van der Waals surface area contributed by atoms with E-state index >= 15 is 0 Å². The van der Waals surface area contributed by atoms with Crippen molar-refractivity contribution in [3.05, 3.63) is 58.8 Å². The van der Waals surface area contributed by atoms with Crippen LogP contribution in [0.5, 0.6) is 0 Å². The highest BCUT2D eigenvalue weighted by molar-refractivity contribution is 5.83. The molecule has 1 unspecified atom stereocenters. The number of nitrogens with zero attached hydrogens (tertiary/aromatic N) is 4. The number of halogens is 2. The summed E-state index contributed by atoms with van der Waals surface area (Å²) in [6, 6.07) is 10.9. The molecule has 0 N–H and O–H groups in total. The van der Waals surface area contributed by atoms with Crippen molar-refractivity contribution in [1.82, 2.24) is 19.4 Å². The summed E-state index contributed by atoms with van der Waals surface area (Å²) in [6.07, 6.45) is 1.91. The number of benzene rings is 1. The van der Waals surface area contributed by atoms with Gasteiger partial charge in [-0.25, -0.2) is 13.8 Å². The van der Waals surface area contributed by atoms with Crippen LogP contribution in [0.25, 0.3) is 22.2 Å². The van der Waals surface area contributed by atoms with Crippen LogP contribution in [0.4, 0.5) is 8.78 Å². The van der Waals surface area contributed by atoms with E-state index in [1.807, 2.05) is 30.3 Å². The molecule has 0 aliphatic carbocycles. The van der Waals surface area contributed by atoms with Gasteiger partial charge in [0.1, 0.15) is 5.82 Å². The minimum absolute atomic E-state index is 0.101. The lowest BCUT2D eigenvalue weighted by Crippen LogP contribution is -2.32. The molecule has 2 aromatic heterocycles. The van der Waals surface area contributed by atoms with Crippen LogP contribution >= 0.6 is 0 Å². The van der Waals surface area contributed by atoms with E-state index in [-0.39, 0.29) is 24.6 Å². The largest absolute Gasteiger partial charge is 0.295 e. The zero-order chi connectivity index (χ0) is 18.6. The van der Waals surface area contributed by atoms with E-state index in [0.29, 0.717) is 36.2 Å². The molecule has 138 valence electrons. The Balaban J connectivity index is 1.61. The van der Waals surface area contributed by atoms with Crippen LogP contribution in [0.15, 0.2) is 47.4 Å². The molecule has 27 heavy (non-hydrogen) atoms. The third-order valence-corrected chi connectivity index (χ3v) is 5.51. The zero-order valence-corrected chi connectivity index (χ0v) is 14.6. The van der Waals surface area contributed by atoms with Gasteiger partial charge >= 0.3 is 0 Å². The molecule has 1 fully saturated rings. The van der Waals surface area contributed by atoms with Crippen LogP contribution in [0.1, 0.15) is 12.2 Å². The lowest BCUT2D eigenvalue weighted by molar-refractivity contribution is 0.0116. The van der Waals surface area contributed by atoms with Gasteiger partial charge in [-0.05, 0) is 24.3 Å². The first-order valence-corrected chi connectivity index (χ1v) is 9.07. The van der Waals surface area contributed by atoms with Crippen molar-refractivity contribution < 1.29 is 8.78 Å². The molecular weight excluding hydrogens is 350 g/mol. The van der Waals surface area contributed by atoms with Crippen LogP contribution in [0, 0.1) is 0 Å². The molecule has 5 nitrogen and oxygen atoms in total. The van der Waals surface area contributed by atoms with Gasteiger partial charge in [-0.1, -0.05) is 12.1 Å². The zero-order valence-electron chi connectivity index (χ0n) is 14.6. The van der Waals surface area contributed by atoms with E-state index in [1.54, 1.807) is 21.7 Å². The number of rotatable bonds is 1. The molecule has 1 atom stereocenters. The highest BCUT2D eigenvalue weighted by atomic mass is 19.3. The quantitative estimate of drug-likeness (QED) is 0.663. The summed E-state index contributed by atoms with van der Waals surface area (Å²) in [5.74, 6) is -2.06. The second-order valence-electron chi connectivity index (χ2n) is 7.32.